The highest BCUT2D eigenvalue weighted by atomic mass is 16.5. The molecule has 0 amide bonds. The van der Waals surface area contributed by atoms with Gasteiger partial charge in [0, 0.05) is 39.8 Å². The van der Waals surface area contributed by atoms with Gasteiger partial charge in [-0.25, -0.2) is 0 Å². The molecule has 1 fully saturated rings. The first-order valence-corrected chi connectivity index (χ1v) is 6.25. The summed E-state index contributed by atoms with van der Waals surface area (Å²) in [5.41, 5.74) is 0. The van der Waals surface area contributed by atoms with E-state index < -0.39 is 6.10 Å². The fraction of sp³-hybridized carbons (Fsp3) is 0.917. The van der Waals surface area contributed by atoms with Crippen LogP contribution in [0.15, 0.2) is 0 Å². The Balaban J connectivity index is 2.21. The van der Waals surface area contributed by atoms with E-state index in [1.165, 1.54) is 7.11 Å². The molecule has 6 heteroatoms. The van der Waals surface area contributed by atoms with E-state index in [4.69, 9.17) is 14.2 Å². The van der Waals surface area contributed by atoms with Crippen molar-refractivity contribution in [2.24, 2.45) is 0 Å². The van der Waals surface area contributed by atoms with E-state index in [2.05, 4.69) is 0 Å². The molecule has 0 radical (unpaired) electrons. The van der Waals surface area contributed by atoms with Gasteiger partial charge in [-0.1, -0.05) is 0 Å². The zero-order chi connectivity index (χ0) is 13.4. The molecule has 18 heavy (non-hydrogen) atoms. The van der Waals surface area contributed by atoms with Crippen LogP contribution in [-0.2, 0) is 19.0 Å². The summed E-state index contributed by atoms with van der Waals surface area (Å²) in [6, 6.07) is -0.340. The Morgan fingerprint density at radius 2 is 2.11 bits per heavy atom. The summed E-state index contributed by atoms with van der Waals surface area (Å²) in [6.07, 6.45) is 0.846. The maximum Gasteiger partial charge on any atom is 0.323 e. The number of rotatable bonds is 8. The van der Waals surface area contributed by atoms with Gasteiger partial charge in [-0.15, -0.1) is 0 Å². The molecule has 6 nitrogen and oxygen atoms in total. The lowest BCUT2D eigenvalue weighted by atomic mass is 10.2. The van der Waals surface area contributed by atoms with Crippen LogP contribution in [0.4, 0.5) is 0 Å². The minimum Gasteiger partial charge on any atom is -0.468 e. The van der Waals surface area contributed by atoms with Crippen LogP contribution in [0.3, 0.4) is 0 Å². The average molecular weight is 261 g/mol. The van der Waals surface area contributed by atoms with Gasteiger partial charge in [0.1, 0.15) is 6.04 Å². The maximum atomic E-state index is 11.5. The van der Waals surface area contributed by atoms with E-state index in [0.717, 1.165) is 6.42 Å². The average Bonchev–Trinajstić information content (AvgIpc) is 2.74. The van der Waals surface area contributed by atoms with Crippen LogP contribution >= 0.6 is 0 Å². The van der Waals surface area contributed by atoms with Gasteiger partial charge in [-0.3, -0.25) is 9.69 Å². The van der Waals surface area contributed by atoms with Crippen LogP contribution in [0.2, 0.25) is 0 Å². The number of aliphatic hydroxyl groups is 1. The fourth-order valence-electron chi connectivity index (χ4n) is 2.10. The standard InChI is InChI=1S/C12H23NO5/c1-16-5-3-6-18-7-4-13-9-10(14)8-11(13)12(15)17-2/h10-11,14H,3-9H2,1-2H3. The first-order chi connectivity index (χ1) is 8.69. The second kappa shape index (κ2) is 8.42. The molecule has 0 aromatic carbocycles. The molecule has 1 rings (SSSR count). The highest BCUT2D eigenvalue weighted by Crippen LogP contribution is 2.18. The van der Waals surface area contributed by atoms with Gasteiger partial charge >= 0.3 is 5.97 Å². The number of likely N-dealkylation sites (tertiary alicyclic amines) is 1. The summed E-state index contributed by atoms with van der Waals surface area (Å²) in [4.78, 5) is 13.4. The number of nitrogens with zero attached hydrogens (tertiary/aromatic N) is 1. The lowest BCUT2D eigenvalue weighted by molar-refractivity contribution is -0.146. The van der Waals surface area contributed by atoms with Gasteiger partial charge < -0.3 is 19.3 Å². The maximum absolute atomic E-state index is 11.5. The molecule has 0 aliphatic carbocycles. The van der Waals surface area contributed by atoms with E-state index in [1.807, 2.05) is 4.90 Å². The van der Waals surface area contributed by atoms with Gasteiger partial charge in [-0.2, -0.15) is 0 Å². The number of ether oxygens (including phenoxy) is 3. The number of carbonyl (C=O) groups is 1. The summed E-state index contributed by atoms with van der Waals surface area (Å²) in [6.45, 7) is 3.01. The lowest BCUT2D eigenvalue weighted by Crippen LogP contribution is -2.39. The number of hydrogen-bond donors (Lipinski definition) is 1. The Hall–Kier alpha value is -0.690. The van der Waals surface area contributed by atoms with E-state index in [1.54, 1.807) is 7.11 Å². The highest BCUT2D eigenvalue weighted by Gasteiger charge is 2.36. The Bertz CT molecular complexity index is 249. The van der Waals surface area contributed by atoms with Gasteiger partial charge in [0.15, 0.2) is 0 Å². The van der Waals surface area contributed by atoms with Crippen LogP contribution in [-0.4, -0.2) is 75.3 Å². The van der Waals surface area contributed by atoms with Crippen LogP contribution in [0.25, 0.3) is 0 Å². The third kappa shape index (κ3) is 4.89. The number of hydrogen-bond acceptors (Lipinski definition) is 6. The van der Waals surface area contributed by atoms with Crippen molar-refractivity contribution in [1.82, 2.24) is 4.90 Å². The molecule has 0 saturated carbocycles. The zero-order valence-corrected chi connectivity index (χ0v) is 11.1. The normalized spacial score (nSPS) is 24.4. The molecule has 0 aromatic rings. The molecule has 0 aromatic heterocycles. The Kier molecular flexibility index (Phi) is 7.19. The Morgan fingerprint density at radius 1 is 1.33 bits per heavy atom. The van der Waals surface area contributed by atoms with Crippen LogP contribution in [0.5, 0.6) is 0 Å². The second-order valence-corrected chi connectivity index (χ2v) is 4.38. The van der Waals surface area contributed by atoms with Gasteiger partial charge in [0.05, 0.1) is 19.8 Å². The number of methoxy groups -OCH3 is 2. The smallest absolute Gasteiger partial charge is 0.323 e. The first kappa shape index (κ1) is 15.4. The molecule has 1 N–H and O–H groups in total. The molecular formula is C12H23NO5. The number of carbonyl (C=O) groups excluding carboxylic acids is 1. The van der Waals surface area contributed by atoms with Crippen molar-refractivity contribution < 1.29 is 24.1 Å². The molecule has 0 spiro atoms. The molecule has 106 valence electrons. The van der Waals surface area contributed by atoms with Crippen molar-refractivity contribution >= 4 is 5.97 Å². The minimum absolute atomic E-state index is 0.286. The van der Waals surface area contributed by atoms with Gasteiger partial charge in [-0.05, 0) is 6.42 Å². The van der Waals surface area contributed by atoms with Gasteiger partial charge in [0.2, 0.25) is 0 Å². The molecular weight excluding hydrogens is 238 g/mol. The third-order valence-corrected chi connectivity index (χ3v) is 3.01. The summed E-state index contributed by atoms with van der Waals surface area (Å²) in [5, 5.41) is 9.58. The molecule has 1 heterocycles. The van der Waals surface area contributed by atoms with Gasteiger partial charge in [0.25, 0.3) is 0 Å². The van der Waals surface area contributed by atoms with Crippen molar-refractivity contribution in [3.8, 4) is 0 Å². The molecule has 1 aliphatic heterocycles. The summed E-state index contributed by atoms with van der Waals surface area (Å²) in [7, 11) is 3.03. The topological polar surface area (TPSA) is 68.2 Å². The fourth-order valence-corrected chi connectivity index (χ4v) is 2.10. The minimum atomic E-state index is -0.456. The molecule has 2 atom stereocenters. The number of esters is 1. The predicted molar refractivity (Wildman–Crippen MR) is 65.3 cm³/mol. The van der Waals surface area contributed by atoms with Crippen molar-refractivity contribution in [1.29, 1.82) is 0 Å². The molecule has 1 saturated heterocycles. The van der Waals surface area contributed by atoms with E-state index >= 15 is 0 Å². The first-order valence-electron chi connectivity index (χ1n) is 6.25. The van der Waals surface area contributed by atoms with Crippen molar-refractivity contribution in [2.75, 3.05) is 47.1 Å². The number of aliphatic hydroxyl groups excluding tert-OH is 1. The number of β-amino-alcohol motifs (C(OH)–C–C–N with tert-alkyl or cyclic N) is 1. The predicted octanol–water partition coefficient (Wildman–Crippen LogP) is -0.352. The summed E-state index contributed by atoms with van der Waals surface area (Å²) < 4.78 is 15.1. The lowest BCUT2D eigenvalue weighted by Gasteiger charge is -2.21. The van der Waals surface area contributed by atoms with Crippen molar-refractivity contribution in [2.45, 2.75) is 25.0 Å². The Labute approximate surface area is 108 Å². The third-order valence-electron chi connectivity index (χ3n) is 3.01. The van der Waals surface area contributed by atoms with Crippen LogP contribution in [0, 0.1) is 0 Å². The molecule has 2 unspecified atom stereocenters. The molecule has 0 bridgehead atoms. The SMILES string of the molecule is COCCCOCCN1CC(O)CC1C(=O)OC. The van der Waals surface area contributed by atoms with Crippen molar-refractivity contribution in [3.05, 3.63) is 0 Å². The summed E-state index contributed by atoms with van der Waals surface area (Å²) >= 11 is 0. The van der Waals surface area contributed by atoms with E-state index in [9.17, 15) is 9.90 Å². The second-order valence-electron chi connectivity index (χ2n) is 4.38. The quantitative estimate of drug-likeness (QED) is 0.476. The van der Waals surface area contributed by atoms with E-state index in [-0.39, 0.29) is 12.0 Å². The monoisotopic (exact) mass is 261 g/mol. The largest absolute Gasteiger partial charge is 0.468 e. The zero-order valence-electron chi connectivity index (χ0n) is 11.1. The Morgan fingerprint density at radius 3 is 2.78 bits per heavy atom. The highest BCUT2D eigenvalue weighted by molar-refractivity contribution is 5.76. The molecule has 1 aliphatic rings. The van der Waals surface area contributed by atoms with Crippen molar-refractivity contribution in [3.63, 3.8) is 0 Å². The summed E-state index contributed by atoms with van der Waals surface area (Å²) in [5.74, 6) is -0.286. The van der Waals surface area contributed by atoms with Crippen LogP contribution in [0.1, 0.15) is 12.8 Å². The van der Waals surface area contributed by atoms with E-state index in [0.29, 0.717) is 39.3 Å². The van der Waals surface area contributed by atoms with Crippen LogP contribution < -0.4 is 0 Å².